The van der Waals surface area contributed by atoms with E-state index in [1.165, 1.54) is 50.8 Å². The number of nitrogens with zero attached hydrogens (tertiary/aromatic N) is 3. The van der Waals surface area contributed by atoms with Crippen LogP contribution < -0.4 is 5.32 Å². The Morgan fingerprint density at radius 2 is 2.00 bits per heavy atom. The van der Waals surface area contributed by atoms with Crippen molar-refractivity contribution in [1.29, 1.82) is 0 Å². The molecule has 94 valence electrons. The molecule has 2 fully saturated rings. The SMILES string of the molecule is c1nnc([C@@H]2CCCNC2)n1C1CCCCC1. The van der Waals surface area contributed by atoms with E-state index in [0.29, 0.717) is 12.0 Å². The smallest absolute Gasteiger partial charge is 0.137 e. The highest BCUT2D eigenvalue weighted by molar-refractivity contribution is 5.01. The van der Waals surface area contributed by atoms with Crippen LogP contribution in [0, 0.1) is 0 Å². The van der Waals surface area contributed by atoms with Gasteiger partial charge in [-0.3, -0.25) is 0 Å². The molecule has 0 aromatic carbocycles. The van der Waals surface area contributed by atoms with E-state index in [1.54, 1.807) is 0 Å². The van der Waals surface area contributed by atoms with Crippen LogP contribution in [-0.2, 0) is 0 Å². The van der Waals surface area contributed by atoms with Crippen molar-refractivity contribution >= 4 is 0 Å². The maximum absolute atomic E-state index is 4.39. The first-order valence-electron chi connectivity index (χ1n) is 7.05. The first kappa shape index (κ1) is 11.2. The monoisotopic (exact) mass is 234 g/mol. The summed E-state index contributed by atoms with van der Waals surface area (Å²) >= 11 is 0. The molecule has 1 atom stereocenters. The molecule has 1 aromatic rings. The first-order valence-corrected chi connectivity index (χ1v) is 7.05. The van der Waals surface area contributed by atoms with E-state index in [9.17, 15) is 0 Å². The zero-order valence-electron chi connectivity index (χ0n) is 10.4. The zero-order chi connectivity index (χ0) is 11.5. The molecule has 1 aliphatic carbocycles. The number of hydrogen-bond donors (Lipinski definition) is 1. The molecule has 4 heteroatoms. The van der Waals surface area contributed by atoms with Crippen LogP contribution >= 0.6 is 0 Å². The second-order valence-electron chi connectivity index (χ2n) is 5.43. The van der Waals surface area contributed by atoms with Gasteiger partial charge in [-0.1, -0.05) is 19.3 Å². The Hall–Kier alpha value is -0.900. The molecule has 1 saturated heterocycles. The predicted octanol–water partition coefficient (Wildman–Crippen LogP) is 2.25. The van der Waals surface area contributed by atoms with Crippen molar-refractivity contribution in [1.82, 2.24) is 20.1 Å². The van der Waals surface area contributed by atoms with Crippen LogP contribution in [0.15, 0.2) is 6.33 Å². The third-order valence-corrected chi connectivity index (χ3v) is 4.23. The van der Waals surface area contributed by atoms with Gasteiger partial charge in [0.1, 0.15) is 12.2 Å². The van der Waals surface area contributed by atoms with Crippen LogP contribution in [0.3, 0.4) is 0 Å². The van der Waals surface area contributed by atoms with E-state index in [2.05, 4.69) is 20.1 Å². The van der Waals surface area contributed by atoms with Crippen molar-refractivity contribution in [2.45, 2.75) is 56.9 Å². The minimum absolute atomic E-state index is 0.577. The Kier molecular flexibility index (Phi) is 3.41. The van der Waals surface area contributed by atoms with Crippen LogP contribution in [0.2, 0.25) is 0 Å². The van der Waals surface area contributed by atoms with E-state index < -0.39 is 0 Å². The van der Waals surface area contributed by atoms with Crippen LogP contribution in [0.5, 0.6) is 0 Å². The maximum Gasteiger partial charge on any atom is 0.137 e. The summed E-state index contributed by atoms with van der Waals surface area (Å²) in [5, 5.41) is 12.0. The van der Waals surface area contributed by atoms with E-state index in [-0.39, 0.29) is 0 Å². The molecule has 1 aromatic heterocycles. The highest BCUT2D eigenvalue weighted by atomic mass is 15.3. The zero-order valence-corrected chi connectivity index (χ0v) is 10.4. The van der Waals surface area contributed by atoms with E-state index in [0.717, 1.165) is 13.1 Å². The van der Waals surface area contributed by atoms with E-state index in [1.807, 2.05) is 6.33 Å². The van der Waals surface area contributed by atoms with Gasteiger partial charge in [0.2, 0.25) is 0 Å². The average Bonchev–Trinajstić information content (AvgIpc) is 2.90. The Morgan fingerprint density at radius 3 is 2.76 bits per heavy atom. The lowest BCUT2D eigenvalue weighted by Gasteiger charge is -2.28. The number of rotatable bonds is 2. The average molecular weight is 234 g/mol. The molecule has 1 saturated carbocycles. The van der Waals surface area contributed by atoms with Gasteiger partial charge in [0.05, 0.1) is 0 Å². The van der Waals surface area contributed by atoms with Crippen LogP contribution in [0.25, 0.3) is 0 Å². The minimum Gasteiger partial charge on any atom is -0.316 e. The van der Waals surface area contributed by atoms with Crippen LogP contribution in [-0.4, -0.2) is 27.9 Å². The van der Waals surface area contributed by atoms with Crippen molar-refractivity contribution in [3.8, 4) is 0 Å². The quantitative estimate of drug-likeness (QED) is 0.853. The molecule has 0 amide bonds. The van der Waals surface area contributed by atoms with Gasteiger partial charge in [-0.25, -0.2) is 0 Å². The molecule has 2 heterocycles. The highest BCUT2D eigenvalue weighted by Gasteiger charge is 2.24. The summed E-state index contributed by atoms with van der Waals surface area (Å²) in [6.07, 6.45) is 11.2. The predicted molar refractivity (Wildman–Crippen MR) is 67.0 cm³/mol. The molecular formula is C13H22N4. The van der Waals surface area contributed by atoms with Crippen molar-refractivity contribution < 1.29 is 0 Å². The van der Waals surface area contributed by atoms with Gasteiger partial charge in [0, 0.05) is 18.5 Å². The molecule has 0 radical (unpaired) electrons. The highest BCUT2D eigenvalue weighted by Crippen LogP contribution is 2.31. The summed E-state index contributed by atoms with van der Waals surface area (Å²) in [7, 11) is 0. The molecule has 17 heavy (non-hydrogen) atoms. The normalized spacial score (nSPS) is 27.2. The summed E-state index contributed by atoms with van der Waals surface area (Å²) in [6.45, 7) is 2.24. The van der Waals surface area contributed by atoms with Crippen molar-refractivity contribution in [2.24, 2.45) is 0 Å². The van der Waals surface area contributed by atoms with Gasteiger partial charge >= 0.3 is 0 Å². The standard InChI is InChI=1S/C13H22N4/c1-2-6-12(7-3-1)17-10-15-16-13(17)11-5-4-8-14-9-11/h10-12,14H,1-9H2/t11-/m1/s1. The topological polar surface area (TPSA) is 42.7 Å². The molecular weight excluding hydrogens is 212 g/mol. The minimum atomic E-state index is 0.577. The van der Waals surface area contributed by atoms with Crippen molar-refractivity contribution in [3.63, 3.8) is 0 Å². The summed E-state index contributed by atoms with van der Waals surface area (Å²) in [5.41, 5.74) is 0. The molecule has 1 N–H and O–H groups in total. The van der Waals surface area contributed by atoms with Gasteiger partial charge in [-0.05, 0) is 32.2 Å². The lowest BCUT2D eigenvalue weighted by Crippen LogP contribution is -2.30. The molecule has 0 bridgehead atoms. The molecule has 2 aliphatic rings. The fourth-order valence-electron chi connectivity index (χ4n) is 3.26. The summed E-state index contributed by atoms with van der Waals surface area (Å²) in [4.78, 5) is 0. The largest absolute Gasteiger partial charge is 0.316 e. The third kappa shape index (κ3) is 2.37. The molecule has 1 aliphatic heterocycles. The third-order valence-electron chi connectivity index (χ3n) is 4.23. The second kappa shape index (κ2) is 5.17. The number of aromatic nitrogens is 3. The van der Waals surface area contributed by atoms with Gasteiger partial charge in [0.25, 0.3) is 0 Å². The van der Waals surface area contributed by atoms with Gasteiger partial charge in [0.15, 0.2) is 0 Å². The number of nitrogens with one attached hydrogen (secondary N) is 1. The second-order valence-corrected chi connectivity index (χ2v) is 5.43. The van der Waals surface area contributed by atoms with Crippen molar-refractivity contribution in [2.75, 3.05) is 13.1 Å². The Morgan fingerprint density at radius 1 is 1.12 bits per heavy atom. The lowest BCUT2D eigenvalue weighted by molar-refractivity contribution is 0.331. The summed E-state index contributed by atoms with van der Waals surface area (Å²) in [6, 6.07) is 0.663. The van der Waals surface area contributed by atoms with E-state index >= 15 is 0 Å². The number of piperidine rings is 1. The van der Waals surface area contributed by atoms with Gasteiger partial charge in [-0.2, -0.15) is 0 Å². The molecule has 4 nitrogen and oxygen atoms in total. The molecule has 0 unspecified atom stereocenters. The maximum atomic E-state index is 4.39. The lowest BCUT2D eigenvalue weighted by atomic mass is 9.93. The van der Waals surface area contributed by atoms with Gasteiger partial charge < -0.3 is 9.88 Å². The van der Waals surface area contributed by atoms with Crippen LogP contribution in [0.1, 0.15) is 62.7 Å². The Bertz CT molecular complexity index is 316. The Labute approximate surface area is 103 Å². The summed E-state index contributed by atoms with van der Waals surface area (Å²) in [5.74, 6) is 1.80. The first-order chi connectivity index (χ1) is 8.45. The van der Waals surface area contributed by atoms with E-state index in [4.69, 9.17) is 0 Å². The fourth-order valence-corrected chi connectivity index (χ4v) is 3.26. The van der Waals surface area contributed by atoms with Crippen molar-refractivity contribution in [3.05, 3.63) is 12.2 Å². The van der Waals surface area contributed by atoms with Crippen LogP contribution in [0.4, 0.5) is 0 Å². The van der Waals surface area contributed by atoms with Gasteiger partial charge in [-0.15, -0.1) is 10.2 Å². The number of hydrogen-bond acceptors (Lipinski definition) is 3. The molecule has 0 spiro atoms. The Balaban J connectivity index is 1.77. The summed E-state index contributed by atoms with van der Waals surface area (Å²) < 4.78 is 2.37. The fraction of sp³-hybridized carbons (Fsp3) is 0.846. The molecule has 3 rings (SSSR count).